The molecule has 0 amide bonds. The normalized spacial score (nSPS) is 19.4. The number of fused-ring (bicyclic) bond motifs is 3. The van der Waals surface area contributed by atoms with Gasteiger partial charge in [0.2, 0.25) is 0 Å². The maximum Gasteiger partial charge on any atom is 0.169 e. The number of hydrogen-bond donors (Lipinski definition) is 1. The lowest BCUT2D eigenvalue weighted by Gasteiger charge is -2.16. The van der Waals surface area contributed by atoms with Gasteiger partial charge in [-0.15, -0.1) is 0 Å². The summed E-state index contributed by atoms with van der Waals surface area (Å²) >= 11 is 6.40. The molecule has 2 heterocycles. The molecule has 1 aromatic rings. The van der Waals surface area contributed by atoms with E-state index in [4.69, 9.17) is 21.1 Å². The van der Waals surface area contributed by atoms with Gasteiger partial charge in [-0.05, 0) is 44.5 Å². The molecule has 0 atom stereocenters. The fourth-order valence-corrected chi connectivity index (χ4v) is 4.17. The fourth-order valence-electron chi connectivity index (χ4n) is 3.91. The molecule has 25 heavy (non-hydrogen) atoms. The number of nitrogens with zero attached hydrogens (tertiary/aromatic N) is 1. The van der Waals surface area contributed by atoms with Gasteiger partial charge in [0.15, 0.2) is 11.5 Å². The second-order valence-corrected chi connectivity index (χ2v) is 7.28. The topological polar surface area (TPSA) is 33.7 Å². The average molecular weight is 361 g/mol. The molecular formula is C20H25ClN2O2. The van der Waals surface area contributed by atoms with E-state index in [0.717, 1.165) is 64.2 Å². The summed E-state index contributed by atoms with van der Waals surface area (Å²) in [5.41, 5.74) is 2.22. The Hall–Kier alpha value is -1.65. The van der Waals surface area contributed by atoms with Gasteiger partial charge in [0.25, 0.3) is 0 Å². The zero-order valence-corrected chi connectivity index (χ0v) is 15.5. The van der Waals surface area contributed by atoms with E-state index >= 15 is 0 Å². The van der Waals surface area contributed by atoms with Crippen molar-refractivity contribution in [3.8, 4) is 0 Å². The van der Waals surface area contributed by atoms with E-state index in [2.05, 4.69) is 28.4 Å². The van der Waals surface area contributed by atoms with E-state index in [-0.39, 0.29) is 0 Å². The van der Waals surface area contributed by atoms with Gasteiger partial charge in [0.1, 0.15) is 0 Å². The average Bonchev–Trinajstić information content (AvgIpc) is 3.26. The van der Waals surface area contributed by atoms with Gasteiger partial charge in [0, 0.05) is 40.5 Å². The van der Waals surface area contributed by atoms with Crippen molar-refractivity contribution in [2.24, 2.45) is 0 Å². The Morgan fingerprint density at radius 3 is 2.80 bits per heavy atom. The summed E-state index contributed by atoms with van der Waals surface area (Å²) in [6.07, 6.45) is 6.64. The van der Waals surface area contributed by atoms with Gasteiger partial charge < -0.3 is 19.7 Å². The van der Waals surface area contributed by atoms with E-state index in [1.165, 1.54) is 25.9 Å². The van der Waals surface area contributed by atoms with Crippen LogP contribution in [-0.2, 0) is 9.47 Å². The van der Waals surface area contributed by atoms with Crippen LogP contribution in [0.1, 0.15) is 31.2 Å². The third-order valence-electron chi connectivity index (χ3n) is 5.21. The molecule has 1 N–H and O–H groups in total. The van der Waals surface area contributed by atoms with Crippen molar-refractivity contribution in [2.75, 3.05) is 45.2 Å². The fraction of sp³-hybridized carbons (Fsp3) is 0.500. The van der Waals surface area contributed by atoms with Crippen LogP contribution in [0.4, 0.5) is 5.69 Å². The van der Waals surface area contributed by atoms with Crippen molar-refractivity contribution >= 4 is 34.2 Å². The Balaban J connectivity index is 1.56. The molecule has 4 nitrogen and oxygen atoms in total. The Morgan fingerprint density at radius 1 is 1.20 bits per heavy atom. The number of rotatable bonds is 6. The van der Waals surface area contributed by atoms with Crippen molar-refractivity contribution in [2.45, 2.75) is 25.7 Å². The lowest BCUT2D eigenvalue weighted by atomic mass is 10.1. The first-order valence-corrected chi connectivity index (χ1v) is 9.57. The van der Waals surface area contributed by atoms with Crippen molar-refractivity contribution in [3.63, 3.8) is 0 Å². The van der Waals surface area contributed by atoms with Crippen LogP contribution in [0.25, 0.3) is 16.9 Å². The minimum absolute atomic E-state index is 0.712. The molecule has 0 saturated carbocycles. The van der Waals surface area contributed by atoms with E-state index in [9.17, 15) is 0 Å². The summed E-state index contributed by atoms with van der Waals surface area (Å²) in [7, 11) is 1.70. The largest absolute Gasteiger partial charge is 0.493 e. The molecule has 2 aliphatic heterocycles. The molecule has 1 fully saturated rings. The lowest BCUT2D eigenvalue weighted by molar-refractivity contribution is 0.212. The minimum Gasteiger partial charge on any atom is -0.493 e. The third kappa shape index (κ3) is 3.25. The van der Waals surface area contributed by atoms with E-state index < -0.39 is 0 Å². The van der Waals surface area contributed by atoms with Crippen LogP contribution in [0.3, 0.4) is 0 Å². The number of anilines is 1. The van der Waals surface area contributed by atoms with Gasteiger partial charge in [-0.25, -0.2) is 0 Å². The van der Waals surface area contributed by atoms with Crippen LogP contribution in [0.15, 0.2) is 17.9 Å². The van der Waals surface area contributed by atoms with E-state index in [1.807, 2.05) is 0 Å². The molecule has 1 aromatic carbocycles. The molecule has 0 aromatic heterocycles. The molecule has 1 aliphatic carbocycles. The summed E-state index contributed by atoms with van der Waals surface area (Å²) in [5.74, 6) is 1.65. The highest BCUT2D eigenvalue weighted by Crippen LogP contribution is 2.27. The Labute approximate surface area is 153 Å². The van der Waals surface area contributed by atoms with Crippen molar-refractivity contribution < 1.29 is 9.47 Å². The number of nitrogens with one attached hydrogen (secondary N) is 1. The van der Waals surface area contributed by atoms with E-state index in [0.29, 0.717) is 6.61 Å². The summed E-state index contributed by atoms with van der Waals surface area (Å²) in [6, 6.07) is 4.19. The van der Waals surface area contributed by atoms with E-state index in [1.54, 1.807) is 7.11 Å². The van der Waals surface area contributed by atoms with Gasteiger partial charge in [-0.3, -0.25) is 0 Å². The number of likely N-dealkylation sites (tertiary alicyclic amines) is 1. The third-order valence-corrected chi connectivity index (χ3v) is 5.60. The molecule has 3 aliphatic rings. The zero-order chi connectivity index (χ0) is 17.2. The maximum absolute atomic E-state index is 6.40. The molecule has 134 valence electrons. The second-order valence-electron chi connectivity index (χ2n) is 6.82. The number of hydrogen-bond acceptors (Lipinski definition) is 4. The first-order valence-electron chi connectivity index (χ1n) is 9.19. The quantitative estimate of drug-likeness (QED) is 0.790. The smallest absolute Gasteiger partial charge is 0.169 e. The molecule has 4 rings (SSSR count). The van der Waals surface area contributed by atoms with Crippen molar-refractivity contribution in [1.29, 1.82) is 0 Å². The van der Waals surface area contributed by atoms with Gasteiger partial charge in [0.05, 0.1) is 19.4 Å². The van der Waals surface area contributed by atoms with Crippen LogP contribution < -0.4 is 15.8 Å². The summed E-state index contributed by atoms with van der Waals surface area (Å²) in [6.45, 7) is 5.16. The second kappa shape index (κ2) is 7.30. The van der Waals surface area contributed by atoms with Crippen LogP contribution in [-0.4, -0.2) is 44.8 Å². The number of methoxy groups -OCH3 is 1. The molecule has 1 saturated heterocycles. The van der Waals surface area contributed by atoms with Crippen LogP contribution in [0.5, 0.6) is 0 Å². The highest BCUT2D eigenvalue weighted by molar-refractivity contribution is 6.45. The van der Waals surface area contributed by atoms with Crippen LogP contribution in [0.2, 0.25) is 0 Å². The molecule has 5 heteroatoms. The highest BCUT2D eigenvalue weighted by Gasteiger charge is 2.22. The minimum atomic E-state index is 0.712. The maximum atomic E-state index is 6.40. The standard InChI is InChI=1S/C20H25ClN2O2/c1-24-18-13-16-14(5-6-15-17(21)7-8-22-19(15)16)20(18)25-12-4-11-23-9-2-3-10-23/h5-6,13,22H,2-4,7-12H2,1H3. The summed E-state index contributed by atoms with van der Waals surface area (Å²) in [5, 5.41) is 6.59. The highest BCUT2D eigenvalue weighted by atomic mass is 35.5. The molecule has 0 bridgehead atoms. The predicted molar refractivity (Wildman–Crippen MR) is 103 cm³/mol. The van der Waals surface area contributed by atoms with Crippen LogP contribution >= 0.6 is 11.6 Å². The molecular weight excluding hydrogens is 336 g/mol. The predicted octanol–water partition coefficient (Wildman–Crippen LogP) is 2.46. The lowest BCUT2D eigenvalue weighted by Crippen LogP contribution is -2.26. The zero-order valence-electron chi connectivity index (χ0n) is 14.7. The Morgan fingerprint density at radius 2 is 2.00 bits per heavy atom. The number of ether oxygens (including phenoxy) is 2. The Kier molecular flexibility index (Phi) is 4.91. The SMILES string of the molecule is COC1=Cc2c3c(ccc2=C1OCCCN1CCCC1)=C(Cl)CCN3. The number of benzene rings is 1. The van der Waals surface area contributed by atoms with Gasteiger partial charge >= 0.3 is 0 Å². The first kappa shape index (κ1) is 16.8. The van der Waals surface area contributed by atoms with Crippen LogP contribution in [0, 0.1) is 0 Å². The molecule has 0 unspecified atom stereocenters. The monoisotopic (exact) mass is 360 g/mol. The number of halogens is 1. The van der Waals surface area contributed by atoms with Crippen molar-refractivity contribution in [3.05, 3.63) is 33.9 Å². The van der Waals surface area contributed by atoms with Crippen molar-refractivity contribution in [1.82, 2.24) is 4.90 Å². The molecule has 0 radical (unpaired) electrons. The Bertz CT molecular complexity index is 810. The molecule has 0 spiro atoms. The van der Waals surface area contributed by atoms with Gasteiger partial charge in [-0.2, -0.15) is 0 Å². The summed E-state index contributed by atoms with van der Waals surface area (Å²) < 4.78 is 11.7. The van der Waals surface area contributed by atoms with Gasteiger partial charge in [-0.1, -0.05) is 17.7 Å². The first-order chi connectivity index (χ1) is 12.3. The summed E-state index contributed by atoms with van der Waals surface area (Å²) in [4.78, 5) is 2.52.